The van der Waals surface area contributed by atoms with Crippen LogP contribution in [0.4, 0.5) is 5.69 Å². The fraction of sp³-hybridized carbons (Fsp3) is 0.188. The van der Waals surface area contributed by atoms with Gasteiger partial charge in [-0.1, -0.05) is 30.3 Å². The second kappa shape index (κ2) is 7.79. The lowest BCUT2D eigenvalue weighted by atomic mass is 10.1. The summed E-state index contributed by atoms with van der Waals surface area (Å²) >= 11 is 0. The third kappa shape index (κ3) is 4.99. The summed E-state index contributed by atoms with van der Waals surface area (Å²) in [6, 6.07) is 14.6. The van der Waals surface area contributed by atoms with Crippen LogP contribution in [0, 0.1) is 10.1 Å². The number of carboxylic acids is 1. The van der Waals surface area contributed by atoms with E-state index in [1.807, 2.05) is 6.07 Å². The van der Waals surface area contributed by atoms with Gasteiger partial charge in [-0.25, -0.2) is 4.79 Å². The predicted octanol–water partition coefficient (Wildman–Crippen LogP) is 2.58. The first-order valence-corrected chi connectivity index (χ1v) is 6.95. The Labute approximate surface area is 132 Å². The highest BCUT2D eigenvalue weighted by Crippen LogP contribution is 2.22. The molecule has 7 nitrogen and oxygen atoms in total. The fourth-order valence-electron chi connectivity index (χ4n) is 1.99. The van der Waals surface area contributed by atoms with Crippen molar-refractivity contribution in [2.75, 3.05) is 18.5 Å². The molecule has 0 saturated heterocycles. The molecule has 0 fully saturated rings. The lowest BCUT2D eigenvalue weighted by Gasteiger charge is -2.16. The van der Waals surface area contributed by atoms with Gasteiger partial charge in [0.05, 0.1) is 0 Å². The number of anilines is 1. The first kappa shape index (κ1) is 16.3. The smallest absolute Gasteiger partial charge is 0.330 e. The summed E-state index contributed by atoms with van der Waals surface area (Å²) in [4.78, 5) is 21.2. The van der Waals surface area contributed by atoms with Crippen LogP contribution in [0.15, 0.2) is 54.6 Å². The minimum atomic E-state index is -0.984. The summed E-state index contributed by atoms with van der Waals surface area (Å²) in [5, 5.41) is 22.5. The van der Waals surface area contributed by atoms with E-state index in [9.17, 15) is 20.0 Å². The Bertz CT molecular complexity index is 658. The molecule has 23 heavy (non-hydrogen) atoms. The van der Waals surface area contributed by atoms with Gasteiger partial charge in [0.2, 0.25) is 6.54 Å². The van der Waals surface area contributed by atoms with Gasteiger partial charge in [-0.05, 0) is 29.8 Å². The van der Waals surface area contributed by atoms with Crippen molar-refractivity contribution in [3.05, 3.63) is 70.3 Å². The maximum absolute atomic E-state index is 11.4. The molecule has 0 radical (unpaired) electrons. The van der Waals surface area contributed by atoms with Crippen molar-refractivity contribution < 1.29 is 19.6 Å². The van der Waals surface area contributed by atoms with Gasteiger partial charge < -0.3 is 15.2 Å². The maximum atomic E-state index is 11.4. The predicted molar refractivity (Wildman–Crippen MR) is 84.2 cm³/mol. The van der Waals surface area contributed by atoms with Gasteiger partial charge in [-0.3, -0.25) is 10.1 Å². The quantitative estimate of drug-likeness (QED) is 0.573. The third-order valence-corrected chi connectivity index (χ3v) is 3.09. The number of hydrogen-bond donors (Lipinski definition) is 2. The lowest BCUT2D eigenvalue weighted by Crippen LogP contribution is -2.20. The summed E-state index contributed by atoms with van der Waals surface area (Å²) in [6.45, 7) is -0.281. The van der Waals surface area contributed by atoms with E-state index in [0.717, 1.165) is 0 Å². The van der Waals surface area contributed by atoms with Crippen LogP contribution >= 0.6 is 0 Å². The molecule has 0 heterocycles. The molecule has 1 unspecified atom stereocenters. The zero-order valence-corrected chi connectivity index (χ0v) is 12.2. The molecule has 0 aliphatic rings. The monoisotopic (exact) mass is 316 g/mol. The molecule has 0 aliphatic carbocycles. The average molecular weight is 316 g/mol. The highest BCUT2D eigenvalue weighted by molar-refractivity contribution is 5.79. The minimum Gasteiger partial charge on any atom is -0.487 e. The van der Waals surface area contributed by atoms with Crippen LogP contribution in [0.25, 0.3) is 0 Å². The minimum absolute atomic E-state index is 0.0124. The van der Waals surface area contributed by atoms with E-state index < -0.39 is 16.9 Å². The normalized spacial score (nSPS) is 11.5. The molecule has 0 spiro atoms. The largest absolute Gasteiger partial charge is 0.487 e. The molecule has 0 aromatic heterocycles. The number of rotatable bonds is 8. The molecular weight excluding hydrogens is 300 g/mol. The number of nitro groups is 1. The van der Waals surface area contributed by atoms with Crippen LogP contribution in [0.3, 0.4) is 0 Å². The Kier molecular flexibility index (Phi) is 5.51. The van der Waals surface area contributed by atoms with E-state index in [-0.39, 0.29) is 13.2 Å². The third-order valence-electron chi connectivity index (χ3n) is 3.09. The van der Waals surface area contributed by atoms with Crippen LogP contribution in [0.5, 0.6) is 5.75 Å². The number of nitrogens with zero attached hydrogens (tertiary/aromatic N) is 1. The maximum Gasteiger partial charge on any atom is 0.330 e. The molecule has 0 aliphatic heterocycles. The van der Waals surface area contributed by atoms with E-state index in [4.69, 9.17) is 4.74 Å². The van der Waals surface area contributed by atoms with Gasteiger partial charge in [0.15, 0.2) is 12.6 Å². The summed E-state index contributed by atoms with van der Waals surface area (Å²) in [5.74, 6) is -0.494. The summed E-state index contributed by atoms with van der Waals surface area (Å²) in [7, 11) is 0. The topological polar surface area (TPSA) is 102 Å². The number of ether oxygens (including phenoxy) is 1. The zero-order chi connectivity index (χ0) is 16.7. The van der Waals surface area contributed by atoms with Gasteiger partial charge >= 0.3 is 5.97 Å². The average Bonchev–Trinajstić information content (AvgIpc) is 2.54. The molecule has 120 valence electrons. The highest BCUT2D eigenvalue weighted by Gasteiger charge is 2.19. The molecular formula is C16H16N2O5. The van der Waals surface area contributed by atoms with Gasteiger partial charge in [0.25, 0.3) is 0 Å². The highest BCUT2D eigenvalue weighted by atomic mass is 16.6. The van der Waals surface area contributed by atoms with Gasteiger partial charge in [0, 0.05) is 10.6 Å². The second-order valence-electron chi connectivity index (χ2n) is 4.76. The molecule has 2 N–H and O–H groups in total. The van der Waals surface area contributed by atoms with Crippen LogP contribution in [0.2, 0.25) is 0 Å². The van der Waals surface area contributed by atoms with E-state index in [0.29, 0.717) is 17.0 Å². The zero-order valence-electron chi connectivity index (χ0n) is 12.2. The Morgan fingerprint density at radius 1 is 1.17 bits per heavy atom. The van der Waals surface area contributed by atoms with E-state index in [1.54, 1.807) is 48.5 Å². The number of hydrogen-bond acceptors (Lipinski definition) is 5. The summed E-state index contributed by atoms with van der Waals surface area (Å²) in [5.41, 5.74) is 1.26. The molecule has 0 saturated carbocycles. The van der Waals surface area contributed by atoms with E-state index in [2.05, 4.69) is 5.32 Å². The molecule has 2 aromatic carbocycles. The van der Waals surface area contributed by atoms with Crippen LogP contribution in [0.1, 0.15) is 11.6 Å². The Morgan fingerprint density at radius 3 is 2.39 bits per heavy atom. The van der Waals surface area contributed by atoms with Crippen LogP contribution in [-0.4, -0.2) is 29.2 Å². The van der Waals surface area contributed by atoms with Crippen LogP contribution < -0.4 is 10.1 Å². The number of carbonyl (C=O) groups is 1. The van der Waals surface area contributed by atoms with Crippen molar-refractivity contribution in [1.29, 1.82) is 0 Å². The molecule has 0 amide bonds. The van der Waals surface area contributed by atoms with E-state index >= 15 is 0 Å². The SMILES string of the molecule is O=C(O)C(Nc1ccc(OCC[N+](=O)[O-])cc1)c1ccccc1. The summed E-state index contributed by atoms with van der Waals surface area (Å²) in [6.07, 6.45) is 0. The van der Waals surface area contributed by atoms with Crippen molar-refractivity contribution in [1.82, 2.24) is 0 Å². The molecule has 1 atom stereocenters. The van der Waals surface area contributed by atoms with Gasteiger partial charge in [-0.15, -0.1) is 0 Å². The first-order valence-electron chi connectivity index (χ1n) is 6.95. The Hall–Kier alpha value is -3.09. The Morgan fingerprint density at radius 2 is 1.83 bits per heavy atom. The number of nitrogens with one attached hydrogen (secondary N) is 1. The van der Waals surface area contributed by atoms with Gasteiger partial charge in [0.1, 0.15) is 5.75 Å². The van der Waals surface area contributed by atoms with Crippen molar-refractivity contribution in [3.8, 4) is 5.75 Å². The van der Waals surface area contributed by atoms with Crippen molar-refractivity contribution in [2.24, 2.45) is 0 Å². The number of carboxylic acid groups (broad SMARTS) is 1. The number of benzene rings is 2. The fourth-order valence-corrected chi connectivity index (χ4v) is 1.99. The molecule has 7 heteroatoms. The molecule has 2 rings (SSSR count). The van der Waals surface area contributed by atoms with E-state index in [1.165, 1.54) is 0 Å². The van der Waals surface area contributed by atoms with Gasteiger partial charge in [-0.2, -0.15) is 0 Å². The van der Waals surface area contributed by atoms with Crippen molar-refractivity contribution >= 4 is 11.7 Å². The standard InChI is InChI=1S/C16H16N2O5/c19-16(20)15(12-4-2-1-3-5-12)17-13-6-8-14(9-7-13)23-11-10-18(21)22/h1-9,15,17H,10-11H2,(H,19,20). The number of aliphatic carboxylic acids is 1. The Balaban J connectivity index is 2.01. The van der Waals surface area contributed by atoms with Crippen molar-refractivity contribution in [3.63, 3.8) is 0 Å². The summed E-state index contributed by atoms with van der Waals surface area (Å²) < 4.78 is 5.22. The second-order valence-corrected chi connectivity index (χ2v) is 4.76. The molecule has 2 aromatic rings. The van der Waals surface area contributed by atoms with Crippen LogP contribution in [-0.2, 0) is 4.79 Å². The van der Waals surface area contributed by atoms with Crippen molar-refractivity contribution in [2.45, 2.75) is 6.04 Å². The first-order chi connectivity index (χ1) is 11.1. The molecule has 0 bridgehead atoms. The lowest BCUT2D eigenvalue weighted by molar-refractivity contribution is -0.481.